The minimum absolute atomic E-state index is 0.202. The van der Waals surface area contributed by atoms with Gasteiger partial charge < -0.3 is 9.84 Å². The maximum Gasteiger partial charge on any atom is 0.227 e. The summed E-state index contributed by atoms with van der Waals surface area (Å²) < 4.78 is 6.24. The highest BCUT2D eigenvalue weighted by atomic mass is 16.5. The van der Waals surface area contributed by atoms with Gasteiger partial charge in [0.15, 0.2) is 12.1 Å². The molecule has 2 aromatic rings. The van der Waals surface area contributed by atoms with Crippen molar-refractivity contribution in [3.8, 4) is 0 Å². The van der Waals surface area contributed by atoms with E-state index in [0.29, 0.717) is 24.4 Å². The number of hydrogen-bond acceptors (Lipinski definition) is 6. The lowest BCUT2D eigenvalue weighted by atomic mass is 10.4. The van der Waals surface area contributed by atoms with Crippen LogP contribution in [-0.2, 0) is 11.3 Å². The SMILES string of the molecule is Cc1cc(NC(=O)CCn2cc(C=O)nn2)no1. The van der Waals surface area contributed by atoms with E-state index in [4.69, 9.17) is 4.52 Å². The van der Waals surface area contributed by atoms with E-state index in [1.54, 1.807) is 13.0 Å². The smallest absolute Gasteiger partial charge is 0.227 e. The molecule has 1 amide bonds. The Morgan fingerprint density at radius 2 is 2.44 bits per heavy atom. The van der Waals surface area contributed by atoms with Gasteiger partial charge in [-0.2, -0.15) is 0 Å². The minimum atomic E-state index is -0.216. The third-order valence-corrected chi connectivity index (χ3v) is 2.14. The van der Waals surface area contributed by atoms with Crippen LogP contribution < -0.4 is 5.32 Å². The zero-order chi connectivity index (χ0) is 13.0. The van der Waals surface area contributed by atoms with E-state index in [2.05, 4.69) is 20.8 Å². The van der Waals surface area contributed by atoms with Crippen molar-refractivity contribution in [2.75, 3.05) is 5.32 Å². The van der Waals surface area contributed by atoms with Crippen LogP contribution in [-0.4, -0.2) is 32.3 Å². The average molecular weight is 249 g/mol. The van der Waals surface area contributed by atoms with Gasteiger partial charge >= 0.3 is 0 Å². The summed E-state index contributed by atoms with van der Waals surface area (Å²) in [5.41, 5.74) is 0.238. The van der Waals surface area contributed by atoms with Crippen LogP contribution in [0, 0.1) is 6.92 Å². The minimum Gasteiger partial charge on any atom is -0.360 e. The Kier molecular flexibility index (Phi) is 3.46. The van der Waals surface area contributed by atoms with E-state index in [-0.39, 0.29) is 18.0 Å². The van der Waals surface area contributed by atoms with Crippen LogP contribution in [0.2, 0.25) is 0 Å². The number of nitrogens with one attached hydrogen (secondary N) is 1. The second-order valence-electron chi connectivity index (χ2n) is 3.65. The van der Waals surface area contributed by atoms with Gasteiger partial charge in [-0.15, -0.1) is 5.10 Å². The molecule has 2 heterocycles. The number of amides is 1. The quantitative estimate of drug-likeness (QED) is 0.770. The molecule has 0 radical (unpaired) electrons. The van der Waals surface area contributed by atoms with Crippen molar-refractivity contribution in [1.29, 1.82) is 0 Å². The van der Waals surface area contributed by atoms with Gasteiger partial charge in [0, 0.05) is 12.5 Å². The summed E-state index contributed by atoms with van der Waals surface area (Å²) in [5, 5.41) is 13.5. The van der Waals surface area contributed by atoms with Crippen molar-refractivity contribution in [3.63, 3.8) is 0 Å². The van der Waals surface area contributed by atoms with Gasteiger partial charge in [0.1, 0.15) is 11.5 Å². The van der Waals surface area contributed by atoms with Gasteiger partial charge in [-0.25, -0.2) is 0 Å². The van der Waals surface area contributed by atoms with Crippen molar-refractivity contribution in [3.05, 3.63) is 23.7 Å². The zero-order valence-corrected chi connectivity index (χ0v) is 9.66. The van der Waals surface area contributed by atoms with Gasteiger partial charge in [-0.3, -0.25) is 14.3 Å². The fraction of sp³-hybridized carbons (Fsp3) is 0.300. The zero-order valence-electron chi connectivity index (χ0n) is 9.66. The molecule has 0 atom stereocenters. The first-order valence-electron chi connectivity index (χ1n) is 5.26. The Hall–Kier alpha value is -2.51. The molecule has 18 heavy (non-hydrogen) atoms. The molecule has 1 N–H and O–H groups in total. The molecule has 0 unspecified atom stereocenters. The number of carbonyl (C=O) groups excluding carboxylic acids is 2. The summed E-state index contributed by atoms with van der Waals surface area (Å²) in [7, 11) is 0. The standard InChI is InChI=1S/C10H11N5O3/c1-7-4-9(13-18-7)11-10(17)2-3-15-5-8(6-16)12-14-15/h4-6H,2-3H2,1H3,(H,11,13,17). The van der Waals surface area contributed by atoms with Crippen molar-refractivity contribution in [2.45, 2.75) is 19.9 Å². The summed E-state index contributed by atoms with van der Waals surface area (Å²) in [6.07, 6.45) is 2.27. The van der Waals surface area contributed by atoms with Crippen molar-refractivity contribution in [1.82, 2.24) is 20.2 Å². The summed E-state index contributed by atoms with van der Waals surface area (Å²) >= 11 is 0. The lowest BCUT2D eigenvalue weighted by Crippen LogP contribution is -2.14. The van der Waals surface area contributed by atoms with Crippen molar-refractivity contribution >= 4 is 18.0 Å². The second kappa shape index (κ2) is 5.21. The van der Waals surface area contributed by atoms with Crippen LogP contribution >= 0.6 is 0 Å². The molecular formula is C10H11N5O3. The number of aryl methyl sites for hydroxylation is 2. The van der Waals surface area contributed by atoms with Gasteiger partial charge in [-0.1, -0.05) is 10.4 Å². The first kappa shape index (κ1) is 12.0. The Labute approximate surface area is 102 Å². The maximum absolute atomic E-state index is 11.5. The number of rotatable bonds is 5. The largest absolute Gasteiger partial charge is 0.360 e. The molecule has 8 nitrogen and oxygen atoms in total. The van der Waals surface area contributed by atoms with E-state index in [0.717, 1.165) is 0 Å². The van der Waals surface area contributed by atoms with Crippen LogP contribution in [0.5, 0.6) is 0 Å². The molecule has 0 spiro atoms. The highest BCUT2D eigenvalue weighted by Gasteiger charge is 2.07. The fourth-order valence-corrected chi connectivity index (χ4v) is 1.32. The molecule has 0 aliphatic carbocycles. The fourth-order valence-electron chi connectivity index (χ4n) is 1.32. The predicted octanol–water partition coefficient (Wildman–Crippen LogP) is 0.416. The molecule has 0 aliphatic rings. The highest BCUT2D eigenvalue weighted by Crippen LogP contribution is 2.07. The summed E-state index contributed by atoms with van der Waals surface area (Å²) in [6.45, 7) is 2.07. The Morgan fingerprint density at radius 3 is 3.06 bits per heavy atom. The first-order chi connectivity index (χ1) is 8.67. The molecule has 2 rings (SSSR count). The molecule has 0 aliphatic heterocycles. The monoisotopic (exact) mass is 249 g/mol. The summed E-state index contributed by atoms with van der Waals surface area (Å²) in [6, 6.07) is 1.62. The topological polar surface area (TPSA) is 103 Å². The third kappa shape index (κ3) is 3.00. The molecule has 0 saturated heterocycles. The lowest BCUT2D eigenvalue weighted by molar-refractivity contribution is -0.116. The number of carbonyl (C=O) groups is 2. The van der Waals surface area contributed by atoms with Crippen LogP contribution in [0.4, 0.5) is 5.82 Å². The molecule has 0 aromatic carbocycles. The Balaban J connectivity index is 1.83. The molecule has 8 heteroatoms. The van der Waals surface area contributed by atoms with Crippen molar-refractivity contribution in [2.24, 2.45) is 0 Å². The normalized spacial score (nSPS) is 10.3. The number of aromatic nitrogens is 4. The molecule has 0 bridgehead atoms. The average Bonchev–Trinajstić information content (AvgIpc) is 2.95. The van der Waals surface area contributed by atoms with E-state index < -0.39 is 0 Å². The van der Waals surface area contributed by atoms with Gasteiger partial charge in [0.25, 0.3) is 0 Å². The third-order valence-electron chi connectivity index (χ3n) is 2.14. The molecule has 0 saturated carbocycles. The van der Waals surface area contributed by atoms with Gasteiger partial charge in [0.05, 0.1) is 12.7 Å². The van der Waals surface area contributed by atoms with E-state index in [1.807, 2.05) is 0 Å². The summed E-state index contributed by atoms with van der Waals surface area (Å²) in [5.74, 6) is 0.785. The number of hydrogen-bond donors (Lipinski definition) is 1. The van der Waals surface area contributed by atoms with Crippen LogP contribution in [0.3, 0.4) is 0 Å². The Bertz CT molecular complexity index is 559. The van der Waals surface area contributed by atoms with Gasteiger partial charge in [-0.05, 0) is 6.92 Å². The molecule has 94 valence electrons. The van der Waals surface area contributed by atoms with E-state index in [1.165, 1.54) is 10.9 Å². The highest BCUT2D eigenvalue weighted by molar-refractivity contribution is 5.89. The van der Waals surface area contributed by atoms with E-state index in [9.17, 15) is 9.59 Å². The van der Waals surface area contributed by atoms with Crippen molar-refractivity contribution < 1.29 is 14.1 Å². The number of nitrogens with zero attached hydrogens (tertiary/aromatic N) is 4. The second-order valence-corrected chi connectivity index (χ2v) is 3.65. The van der Waals surface area contributed by atoms with Gasteiger partial charge in [0.2, 0.25) is 5.91 Å². The lowest BCUT2D eigenvalue weighted by Gasteiger charge is -2.00. The van der Waals surface area contributed by atoms with Crippen LogP contribution in [0.1, 0.15) is 22.7 Å². The summed E-state index contributed by atoms with van der Waals surface area (Å²) in [4.78, 5) is 21.9. The van der Waals surface area contributed by atoms with Crippen LogP contribution in [0.25, 0.3) is 0 Å². The molecule has 0 fully saturated rings. The molecular weight excluding hydrogens is 238 g/mol. The first-order valence-corrected chi connectivity index (χ1v) is 5.26. The predicted molar refractivity (Wildman–Crippen MR) is 59.9 cm³/mol. The number of aldehydes is 1. The van der Waals surface area contributed by atoms with Crippen LogP contribution in [0.15, 0.2) is 16.8 Å². The Morgan fingerprint density at radius 1 is 1.61 bits per heavy atom. The maximum atomic E-state index is 11.5. The molecule has 2 aromatic heterocycles. The number of anilines is 1. The van der Waals surface area contributed by atoms with E-state index >= 15 is 0 Å².